The first-order chi connectivity index (χ1) is 9.17. The maximum absolute atomic E-state index is 6.13. The molecule has 2 N–H and O–H groups in total. The maximum Gasteiger partial charge on any atom is 0.0175 e. The van der Waals surface area contributed by atoms with Crippen LogP contribution in [-0.2, 0) is 6.42 Å². The van der Waals surface area contributed by atoms with Crippen molar-refractivity contribution < 1.29 is 0 Å². The molecule has 106 valence electrons. The quantitative estimate of drug-likeness (QED) is 0.817. The molecule has 0 radical (unpaired) electrons. The summed E-state index contributed by atoms with van der Waals surface area (Å²) in [4.78, 5) is 0. The van der Waals surface area contributed by atoms with E-state index in [4.69, 9.17) is 5.73 Å². The molecule has 2 heteroatoms. The molecule has 0 amide bonds. The first-order valence-electron chi connectivity index (χ1n) is 7.62. The Morgan fingerprint density at radius 1 is 1.21 bits per heavy atom. The molecule has 2 rings (SSSR count). The monoisotopic (exact) mass is 323 g/mol. The van der Waals surface area contributed by atoms with Crippen LogP contribution in [0.4, 0.5) is 0 Å². The fourth-order valence-corrected chi connectivity index (χ4v) is 3.74. The second kappa shape index (κ2) is 6.90. The molecule has 1 saturated carbocycles. The molecule has 0 heterocycles. The second-order valence-corrected chi connectivity index (χ2v) is 7.16. The van der Waals surface area contributed by atoms with Gasteiger partial charge in [0, 0.05) is 4.47 Å². The van der Waals surface area contributed by atoms with E-state index in [1.807, 2.05) is 0 Å². The largest absolute Gasteiger partial charge is 0.330 e. The Morgan fingerprint density at radius 2 is 1.84 bits per heavy atom. The number of hydrogen-bond acceptors (Lipinski definition) is 1. The molecular formula is C17H26BrN. The summed E-state index contributed by atoms with van der Waals surface area (Å²) < 4.78 is 1.16. The van der Waals surface area contributed by atoms with Crippen LogP contribution >= 0.6 is 15.9 Å². The molecule has 0 spiro atoms. The van der Waals surface area contributed by atoms with Gasteiger partial charge in [-0.1, -0.05) is 47.8 Å². The van der Waals surface area contributed by atoms with Gasteiger partial charge < -0.3 is 5.73 Å². The Morgan fingerprint density at radius 3 is 2.37 bits per heavy atom. The fraction of sp³-hybridized carbons (Fsp3) is 0.647. The Labute approximate surface area is 126 Å². The third kappa shape index (κ3) is 4.06. The number of hydrogen-bond donors (Lipinski definition) is 1. The molecule has 1 aliphatic carbocycles. The summed E-state index contributed by atoms with van der Waals surface area (Å²) in [6, 6.07) is 8.75. The Kier molecular flexibility index (Phi) is 5.47. The first kappa shape index (κ1) is 15.1. The van der Waals surface area contributed by atoms with E-state index < -0.39 is 0 Å². The minimum Gasteiger partial charge on any atom is -0.330 e. The molecule has 0 aliphatic heterocycles. The predicted molar refractivity (Wildman–Crippen MR) is 86.2 cm³/mol. The lowest BCUT2D eigenvalue weighted by atomic mass is 9.67. The van der Waals surface area contributed by atoms with Gasteiger partial charge in [0.15, 0.2) is 0 Å². The normalized spacial score (nSPS) is 27.4. The van der Waals surface area contributed by atoms with Gasteiger partial charge in [0.25, 0.3) is 0 Å². The van der Waals surface area contributed by atoms with Crippen molar-refractivity contribution in [3.8, 4) is 0 Å². The molecule has 19 heavy (non-hydrogen) atoms. The third-order valence-corrected chi connectivity index (χ3v) is 5.32. The highest BCUT2D eigenvalue weighted by atomic mass is 79.9. The Balaban J connectivity index is 1.98. The van der Waals surface area contributed by atoms with Crippen LogP contribution in [0.15, 0.2) is 28.7 Å². The van der Waals surface area contributed by atoms with Crippen molar-refractivity contribution in [1.29, 1.82) is 0 Å². The summed E-state index contributed by atoms with van der Waals surface area (Å²) in [7, 11) is 0. The highest BCUT2D eigenvalue weighted by molar-refractivity contribution is 9.10. The van der Waals surface area contributed by atoms with E-state index in [0.717, 1.165) is 23.4 Å². The lowest BCUT2D eigenvalue weighted by Crippen LogP contribution is -2.36. The van der Waals surface area contributed by atoms with Crippen LogP contribution in [0.1, 0.15) is 51.0 Å². The SMILES string of the molecule is CCCC1CCC(CN)(Cc2ccc(Br)cc2)CC1. The van der Waals surface area contributed by atoms with Crippen molar-refractivity contribution >= 4 is 15.9 Å². The molecule has 1 aromatic carbocycles. The first-order valence-corrected chi connectivity index (χ1v) is 8.41. The summed E-state index contributed by atoms with van der Waals surface area (Å²) in [5, 5.41) is 0. The highest BCUT2D eigenvalue weighted by Gasteiger charge is 2.33. The Bertz CT molecular complexity index is 377. The molecular weight excluding hydrogens is 298 g/mol. The lowest BCUT2D eigenvalue weighted by Gasteiger charge is -2.39. The van der Waals surface area contributed by atoms with Gasteiger partial charge in [-0.05, 0) is 67.7 Å². The molecule has 0 saturated heterocycles. The van der Waals surface area contributed by atoms with Crippen LogP contribution in [0.5, 0.6) is 0 Å². The van der Waals surface area contributed by atoms with Crippen LogP contribution in [0.25, 0.3) is 0 Å². The number of rotatable bonds is 5. The maximum atomic E-state index is 6.13. The van der Waals surface area contributed by atoms with Gasteiger partial charge in [0.05, 0.1) is 0 Å². The van der Waals surface area contributed by atoms with Crippen LogP contribution in [0.2, 0.25) is 0 Å². The zero-order valence-electron chi connectivity index (χ0n) is 12.0. The van der Waals surface area contributed by atoms with Crippen molar-refractivity contribution in [3.05, 3.63) is 34.3 Å². The zero-order chi connectivity index (χ0) is 13.7. The molecule has 1 aliphatic rings. The van der Waals surface area contributed by atoms with Gasteiger partial charge in [-0.25, -0.2) is 0 Å². The number of nitrogens with two attached hydrogens (primary N) is 1. The molecule has 0 atom stereocenters. The summed E-state index contributed by atoms with van der Waals surface area (Å²) in [6.07, 6.45) is 9.25. The molecule has 0 unspecified atom stereocenters. The van der Waals surface area contributed by atoms with E-state index in [9.17, 15) is 0 Å². The van der Waals surface area contributed by atoms with Crippen molar-refractivity contribution in [2.75, 3.05) is 6.54 Å². The molecule has 1 aromatic rings. The third-order valence-electron chi connectivity index (χ3n) is 4.79. The summed E-state index contributed by atoms with van der Waals surface area (Å²) in [6.45, 7) is 3.13. The standard InChI is InChI=1S/C17H26BrN/c1-2-3-14-8-10-17(13-19,11-9-14)12-15-4-6-16(18)7-5-15/h4-7,14H,2-3,8-13,19H2,1H3. The van der Waals surface area contributed by atoms with E-state index in [2.05, 4.69) is 47.1 Å². The van der Waals surface area contributed by atoms with Crippen LogP contribution < -0.4 is 5.73 Å². The van der Waals surface area contributed by atoms with Gasteiger partial charge >= 0.3 is 0 Å². The van der Waals surface area contributed by atoms with Gasteiger partial charge in [0.1, 0.15) is 0 Å². The Hall–Kier alpha value is -0.340. The predicted octanol–water partition coefficient (Wildman–Crippen LogP) is 4.93. The van der Waals surface area contributed by atoms with Crippen molar-refractivity contribution in [2.24, 2.45) is 17.1 Å². The van der Waals surface area contributed by atoms with E-state index in [0.29, 0.717) is 5.41 Å². The average molecular weight is 324 g/mol. The molecule has 1 fully saturated rings. The van der Waals surface area contributed by atoms with E-state index in [1.54, 1.807) is 0 Å². The zero-order valence-corrected chi connectivity index (χ0v) is 13.6. The van der Waals surface area contributed by atoms with Crippen molar-refractivity contribution in [2.45, 2.75) is 51.9 Å². The minimum absolute atomic E-state index is 0.359. The summed E-state index contributed by atoms with van der Waals surface area (Å²) in [5.41, 5.74) is 7.92. The number of benzene rings is 1. The van der Waals surface area contributed by atoms with Gasteiger partial charge in [-0.2, -0.15) is 0 Å². The second-order valence-electron chi connectivity index (χ2n) is 6.24. The average Bonchev–Trinajstić information content (AvgIpc) is 2.44. The van der Waals surface area contributed by atoms with Crippen molar-refractivity contribution in [3.63, 3.8) is 0 Å². The van der Waals surface area contributed by atoms with Crippen LogP contribution in [0, 0.1) is 11.3 Å². The van der Waals surface area contributed by atoms with Gasteiger partial charge in [0.2, 0.25) is 0 Å². The van der Waals surface area contributed by atoms with E-state index >= 15 is 0 Å². The molecule has 0 aromatic heterocycles. The van der Waals surface area contributed by atoms with Gasteiger partial charge in [-0.3, -0.25) is 0 Å². The summed E-state index contributed by atoms with van der Waals surface area (Å²) in [5.74, 6) is 0.953. The minimum atomic E-state index is 0.359. The number of halogens is 1. The fourth-order valence-electron chi connectivity index (χ4n) is 3.48. The lowest BCUT2D eigenvalue weighted by molar-refractivity contribution is 0.151. The molecule has 0 bridgehead atoms. The van der Waals surface area contributed by atoms with Crippen molar-refractivity contribution in [1.82, 2.24) is 0 Å². The topological polar surface area (TPSA) is 26.0 Å². The van der Waals surface area contributed by atoms with Crippen LogP contribution in [-0.4, -0.2) is 6.54 Å². The van der Waals surface area contributed by atoms with E-state index in [-0.39, 0.29) is 0 Å². The summed E-state index contributed by atoms with van der Waals surface area (Å²) >= 11 is 3.50. The smallest absolute Gasteiger partial charge is 0.0175 e. The highest BCUT2D eigenvalue weighted by Crippen LogP contribution is 2.42. The molecule has 1 nitrogen and oxygen atoms in total. The van der Waals surface area contributed by atoms with Gasteiger partial charge in [-0.15, -0.1) is 0 Å². The van der Waals surface area contributed by atoms with Crippen LogP contribution in [0.3, 0.4) is 0 Å². The van der Waals surface area contributed by atoms with E-state index in [1.165, 1.54) is 44.1 Å².